The molecule has 0 saturated heterocycles. The number of carbonyl (C=O) groups is 1. The van der Waals surface area contributed by atoms with Gasteiger partial charge in [0.2, 0.25) is 0 Å². The van der Waals surface area contributed by atoms with Crippen LogP contribution in [0.4, 0.5) is 0 Å². The highest BCUT2D eigenvalue weighted by atomic mass is 16.5. The normalized spacial score (nSPS) is 12.2. The summed E-state index contributed by atoms with van der Waals surface area (Å²) in [5, 5.41) is 6.20. The van der Waals surface area contributed by atoms with Gasteiger partial charge >= 0.3 is 0 Å². The molecule has 0 aliphatic carbocycles. The maximum Gasteiger partial charge on any atom is 0.280 e. The summed E-state index contributed by atoms with van der Waals surface area (Å²) in [6.07, 6.45) is 0.976. The van der Waals surface area contributed by atoms with Crippen LogP contribution in [0.5, 0.6) is 5.75 Å². The summed E-state index contributed by atoms with van der Waals surface area (Å²) >= 11 is 0. The number of hydrazone groups is 1. The Labute approximate surface area is 147 Å². The van der Waals surface area contributed by atoms with Crippen molar-refractivity contribution >= 4 is 22.9 Å². The first-order valence-corrected chi connectivity index (χ1v) is 8.17. The quantitative estimate of drug-likeness (QED) is 0.566. The van der Waals surface area contributed by atoms with Crippen molar-refractivity contribution < 1.29 is 9.53 Å². The fourth-order valence-corrected chi connectivity index (χ4v) is 2.51. The van der Waals surface area contributed by atoms with Crippen molar-refractivity contribution in [2.24, 2.45) is 5.10 Å². The molecule has 1 N–H and O–H groups in total. The van der Waals surface area contributed by atoms with Crippen molar-refractivity contribution in [1.29, 1.82) is 0 Å². The maximum atomic E-state index is 12.1. The van der Waals surface area contributed by atoms with Crippen molar-refractivity contribution in [2.45, 2.75) is 20.0 Å². The third-order valence-electron chi connectivity index (χ3n) is 3.83. The molecule has 3 aromatic rings. The van der Waals surface area contributed by atoms with Crippen molar-refractivity contribution in [2.75, 3.05) is 0 Å². The number of nitrogens with zero attached hydrogens (tertiary/aromatic N) is 1. The van der Waals surface area contributed by atoms with Gasteiger partial charge in [0.05, 0.1) is 6.21 Å². The van der Waals surface area contributed by atoms with Crippen LogP contribution in [-0.2, 0) is 4.79 Å². The predicted molar refractivity (Wildman–Crippen MR) is 101 cm³/mol. The fourth-order valence-electron chi connectivity index (χ4n) is 2.51. The van der Waals surface area contributed by atoms with E-state index in [0.717, 1.165) is 21.9 Å². The summed E-state index contributed by atoms with van der Waals surface area (Å²) in [5.74, 6) is 0.362. The molecule has 4 heteroatoms. The second-order valence-electron chi connectivity index (χ2n) is 5.92. The van der Waals surface area contributed by atoms with E-state index in [1.807, 2.05) is 73.7 Å². The Hall–Kier alpha value is -3.14. The number of hydrogen-bond acceptors (Lipinski definition) is 3. The summed E-state index contributed by atoms with van der Waals surface area (Å²) in [4.78, 5) is 12.1. The third-order valence-corrected chi connectivity index (χ3v) is 3.83. The van der Waals surface area contributed by atoms with Crippen molar-refractivity contribution in [3.8, 4) is 5.75 Å². The van der Waals surface area contributed by atoms with Crippen LogP contribution in [0.2, 0.25) is 0 Å². The van der Waals surface area contributed by atoms with Crippen LogP contribution >= 0.6 is 0 Å². The van der Waals surface area contributed by atoms with E-state index < -0.39 is 6.10 Å². The molecule has 0 heterocycles. The topological polar surface area (TPSA) is 50.7 Å². The van der Waals surface area contributed by atoms with E-state index in [2.05, 4.69) is 10.5 Å². The maximum absolute atomic E-state index is 12.1. The van der Waals surface area contributed by atoms with E-state index >= 15 is 0 Å². The van der Waals surface area contributed by atoms with Crippen molar-refractivity contribution in [1.82, 2.24) is 5.43 Å². The van der Waals surface area contributed by atoms with Crippen LogP contribution in [0.15, 0.2) is 71.8 Å². The summed E-state index contributed by atoms with van der Waals surface area (Å²) in [7, 11) is 0. The van der Waals surface area contributed by atoms with E-state index in [9.17, 15) is 4.79 Å². The Balaban J connectivity index is 1.59. The number of aryl methyl sites for hydroxylation is 1. The average molecular weight is 332 g/mol. The molecule has 0 aliphatic rings. The molecule has 126 valence electrons. The van der Waals surface area contributed by atoms with Gasteiger partial charge in [0, 0.05) is 0 Å². The standard InChI is InChI=1S/C21H20N2O2/c1-15-6-5-7-17(12-15)14-22-23-21(24)16(2)25-20-11-10-18-8-3-4-9-19(18)13-20/h3-14,16H,1-2H3,(H,23,24)/b22-14+. The smallest absolute Gasteiger partial charge is 0.280 e. The molecule has 1 amide bonds. The van der Waals surface area contributed by atoms with E-state index in [-0.39, 0.29) is 5.91 Å². The van der Waals surface area contributed by atoms with Gasteiger partial charge in [0.25, 0.3) is 5.91 Å². The Morgan fingerprint density at radius 3 is 2.64 bits per heavy atom. The number of fused-ring (bicyclic) bond motifs is 1. The lowest BCUT2D eigenvalue weighted by Gasteiger charge is -2.13. The number of carbonyl (C=O) groups excluding carboxylic acids is 1. The average Bonchev–Trinajstić information content (AvgIpc) is 2.61. The third kappa shape index (κ3) is 4.44. The van der Waals surface area contributed by atoms with E-state index in [1.165, 1.54) is 0 Å². The lowest BCUT2D eigenvalue weighted by molar-refractivity contribution is -0.127. The Kier molecular flexibility index (Phi) is 5.09. The van der Waals surface area contributed by atoms with E-state index in [1.54, 1.807) is 13.1 Å². The lowest BCUT2D eigenvalue weighted by atomic mass is 10.1. The molecule has 25 heavy (non-hydrogen) atoms. The van der Waals surface area contributed by atoms with Crippen LogP contribution in [0.25, 0.3) is 10.8 Å². The van der Waals surface area contributed by atoms with Gasteiger partial charge in [-0.3, -0.25) is 4.79 Å². The summed E-state index contributed by atoms with van der Waals surface area (Å²) in [6, 6.07) is 21.7. The highest BCUT2D eigenvalue weighted by Crippen LogP contribution is 2.21. The molecular formula is C21H20N2O2. The van der Waals surface area contributed by atoms with Gasteiger partial charge in [-0.2, -0.15) is 5.10 Å². The zero-order chi connectivity index (χ0) is 17.6. The zero-order valence-electron chi connectivity index (χ0n) is 14.3. The summed E-state index contributed by atoms with van der Waals surface area (Å²) < 4.78 is 5.72. The first-order valence-electron chi connectivity index (χ1n) is 8.17. The largest absolute Gasteiger partial charge is 0.481 e. The lowest BCUT2D eigenvalue weighted by Crippen LogP contribution is -2.33. The van der Waals surface area contributed by atoms with Gasteiger partial charge in [0.1, 0.15) is 5.75 Å². The first kappa shape index (κ1) is 16.7. The fraction of sp³-hybridized carbons (Fsp3) is 0.143. The van der Waals surface area contributed by atoms with Gasteiger partial charge in [0.15, 0.2) is 6.10 Å². The molecule has 0 fully saturated rings. The predicted octanol–water partition coefficient (Wildman–Crippen LogP) is 4.07. The molecule has 0 spiro atoms. The molecule has 0 saturated carbocycles. The molecular weight excluding hydrogens is 312 g/mol. The minimum Gasteiger partial charge on any atom is -0.481 e. The summed E-state index contributed by atoms with van der Waals surface area (Å²) in [6.45, 7) is 3.71. The Bertz CT molecular complexity index is 918. The number of benzene rings is 3. The molecule has 0 bridgehead atoms. The minimum absolute atomic E-state index is 0.294. The minimum atomic E-state index is -0.643. The molecule has 4 nitrogen and oxygen atoms in total. The Morgan fingerprint density at radius 2 is 1.84 bits per heavy atom. The number of amides is 1. The van der Waals surface area contributed by atoms with Crippen molar-refractivity contribution in [3.63, 3.8) is 0 Å². The zero-order valence-corrected chi connectivity index (χ0v) is 14.3. The molecule has 0 aromatic heterocycles. The molecule has 3 aromatic carbocycles. The van der Waals surface area contributed by atoms with Gasteiger partial charge < -0.3 is 4.74 Å². The number of rotatable bonds is 5. The van der Waals surface area contributed by atoms with Gasteiger partial charge in [-0.05, 0) is 42.3 Å². The van der Waals surface area contributed by atoms with Crippen LogP contribution in [0.1, 0.15) is 18.1 Å². The van der Waals surface area contributed by atoms with E-state index in [4.69, 9.17) is 4.74 Å². The summed E-state index contributed by atoms with van der Waals surface area (Å²) in [5.41, 5.74) is 4.59. The molecule has 0 aliphatic heterocycles. The number of nitrogens with one attached hydrogen (secondary N) is 1. The van der Waals surface area contributed by atoms with Crippen LogP contribution in [-0.4, -0.2) is 18.2 Å². The first-order chi connectivity index (χ1) is 12.1. The van der Waals surface area contributed by atoms with Crippen LogP contribution < -0.4 is 10.2 Å². The van der Waals surface area contributed by atoms with Crippen LogP contribution in [0, 0.1) is 6.92 Å². The Morgan fingerprint density at radius 1 is 1.04 bits per heavy atom. The SMILES string of the molecule is Cc1cccc(/C=N/NC(=O)C(C)Oc2ccc3ccccc3c2)c1. The number of hydrogen-bond donors (Lipinski definition) is 1. The highest BCUT2D eigenvalue weighted by molar-refractivity contribution is 5.85. The highest BCUT2D eigenvalue weighted by Gasteiger charge is 2.14. The van der Waals surface area contributed by atoms with Gasteiger partial charge in [-0.25, -0.2) is 5.43 Å². The molecule has 1 unspecified atom stereocenters. The second kappa shape index (κ2) is 7.62. The number of ether oxygens (including phenoxy) is 1. The van der Waals surface area contributed by atoms with Gasteiger partial charge in [-0.15, -0.1) is 0 Å². The second-order valence-corrected chi connectivity index (χ2v) is 5.92. The van der Waals surface area contributed by atoms with Gasteiger partial charge in [-0.1, -0.05) is 60.2 Å². The molecule has 0 radical (unpaired) electrons. The van der Waals surface area contributed by atoms with Crippen molar-refractivity contribution in [3.05, 3.63) is 77.9 Å². The van der Waals surface area contributed by atoms with Crippen LogP contribution in [0.3, 0.4) is 0 Å². The van der Waals surface area contributed by atoms with E-state index in [0.29, 0.717) is 5.75 Å². The molecule has 3 rings (SSSR count). The molecule has 1 atom stereocenters. The monoisotopic (exact) mass is 332 g/mol.